The summed E-state index contributed by atoms with van der Waals surface area (Å²) in [5, 5.41) is 20.8. The number of H-pyrrole nitrogens is 1. The average molecular weight is 301 g/mol. The molecule has 0 spiro atoms. The van der Waals surface area contributed by atoms with Crippen molar-refractivity contribution in [2.45, 2.75) is 0 Å². The fourth-order valence-electron chi connectivity index (χ4n) is 2.70. The Bertz CT molecular complexity index is 1220. The molecule has 1 N–H and O–H groups in total. The van der Waals surface area contributed by atoms with Crippen LogP contribution in [-0.4, -0.2) is 4.98 Å². The predicted molar refractivity (Wildman–Crippen MR) is 86.9 cm³/mol. The van der Waals surface area contributed by atoms with Crippen LogP contribution in [0, 0.1) is 22.7 Å². The van der Waals surface area contributed by atoms with Crippen molar-refractivity contribution < 1.29 is 0 Å². The first-order valence-electron chi connectivity index (χ1n) is 6.54. The van der Waals surface area contributed by atoms with Crippen LogP contribution in [0.15, 0.2) is 41.2 Å². The Labute approximate surface area is 128 Å². The fourth-order valence-corrected chi connectivity index (χ4v) is 3.85. The lowest BCUT2D eigenvalue weighted by molar-refractivity contribution is 1.35. The summed E-state index contributed by atoms with van der Waals surface area (Å²) < 4.78 is 1.52. The highest BCUT2D eigenvalue weighted by Gasteiger charge is 2.13. The summed E-state index contributed by atoms with van der Waals surface area (Å²) in [6.45, 7) is 0. The van der Waals surface area contributed by atoms with Gasteiger partial charge in [-0.2, -0.15) is 10.5 Å². The van der Waals surface area contributed by atoms with Gasteiger partial charge in [0.25, 0.3) is 5.56 Å². The number of nitrogens with one attached hydrogen (secondary N) is 1. The molecule has 4 nitrogen and oxygen atoms in total. The van der Waals surface area contributed by atoms with Crippen LogP contribution >= 0.6 is 11.3 Å². The number of nitrogens with zero attached hydrogens (tertiary/aromatic N) is 2. The van der Waals surface area contributed by atoms with Gasteiger partial charge < -0.3 is 4.98 Å². The third-order valence-electron chi connectivity index (χ3n) is 3.69. The maximum absolute atomic E-state index is 12.3. The summed E-state index contributed by atoms with van der Waals surface area (Å²) in [7, 11) is 0. The van der Waals surface area contributed by atoms with Crippen molar-refractivity contribution in [3.8, 4) is 12.1 Å². The van der Waals surface area contributed by atoms with E-state index in [0.717, 1.165) is 20.9 Å². The minimum absolute atomic E-state index is 0.146. The second-order valence-electron chi connectivity index (χ2n) is 4.96. The monoisotopic (exact) mass is 301 g/mol. The van der Waals surface area contributed by atoms with Gasteiger partial charge in [-0.25, -0.2) is 0 Å². The van der Waals surface area contributed by atoms with E-state index in [9.17, 15) is 4.79 Å². The first-order valence-corrected chi connectivity index (χ1v) is 7.35. The Hall–Kier alpha value is -3.15. The van der Waals surface area contributed by atoms with Crippen LogP contribution in [0.25, 0.3) is 31.1 Å². The summed E-state index contributed by atoms with van der Waals surface area (Å²) in [4.78, 5) is 15.2. The smallest absolute Gasteiger partial charge is 0.266 e. The summed E-state index contributed by atoms with van der Waals surface area (Å²) in [5.41, 5.74) is 1.68. The number of thiophene rings is 1. The summed E-state index contributed by atoms with van der Waals surface area (Å²) >= 11 is 1.37. The Morgan fingerprint density at radius 2 is 1.68 bits per heavy atom. The summed E-state index contributed by atoms with van der Waals surface area (Å²) in [6, 6.07) is 14.9. The van der Waals surface area contributed by atoms with Crippen molar-refractivity contribution in [2.75, 3.05) is 0 Å². The molecule has 102 valence electrons. The maximum Gasteiger partial charge on any atom is 0.266 e. The third-order valence-corrected chi connectivity index (χ3v) is 4.84. The zero-order valence-electron chi connectivity index (χ0n) is 11.2. The van der Waals surface area contributed by atoms with Crippen LogP contribution < -0.4 is 5.56 Å². The van der Waals surface area contributed by atoms with Crippen molar-refractivity contribution >= 4 is 42.4 Å². The molecule has 4 aromatic rings. The van der Waals surface area contributed by atoms with Gasteiger partial charge in [0.05, 0.1) is 23.3 Å². The number of rotatable bonds is 0. The maximum atomic E-state index is 12.3. The minimum Gasteiger partial charge on any atom is -0.321 e. The van der Waals surface area contributed by atoms with Gasteiger partial charge in [0.1, 0.15) is 4.70 Å². The van der Waals surface area contributed by atoms with Gasteiger partial charge in [0.15, 0.2) is 0 Å². The molecule has 0 bridgehead atoms. The summed E-state index contributed by atoms with van der Waals surface area (Å²) in [6.07, 6.45) is 0. The van der Waals surface area contributed by atoms with Crippen molar-refractivity contribution in [2.24, 2.45) is 0 Å². The molecule has 4 rings (SSSR count). The number of aromatic amines is 1. The van der Waals surface area contributed by atoms with Gasteiger partial charge >= 0.3 is 0 Å². The molecule has 0 unspecified atom stereocenters. The number of nitriles is 2. The molecule has 2 aromatic carbocycles. The molecule has 0 aliphatic heterocycles. The van der Waals surface area contributed by atoms with Crippen molar-refractivity contribution in [3.63, 3.8) is 0 Å². The first-order chi connectivity index (χ1) is 10.7. The van der Waals surface area contributed by atoms with E-state index in [0.29, 0.717) is 21.3 Å². The molecule has 0 radical (unpaired) electrons. The van der Waals surface area contributed by atoms with E-state index in [2.05, 4.69) is 17.1 Å². The van der Waals surface area contributed by atoms with E-state index in [-0.39, 0.29) is 5.56 Å². The Balaban J connectivity index is 2.30. The van der Waals surface area contributed by atoms with E-state index in [1.807, 2.05) is 6.07 Å². The largest absolute Gasteiger partial charge is 0.321 e. The molecule has 0 aliphatic carbocycles. The van der Waals surface area contributed by atoms with E-state index < -0.39 is 0 Å². The SMILES string of the molecule is N#Cc1ccc2c(c1)sc1c(=O)[nH]c3ccc(C#N)cc3c12. The zero-order valence-corrected chi connectivity index (χ0v) is 12.0. The van der Waals surface area contributed by atoms with Crippen LogP contribution in [0.4, 0.5) is 0 Å². The fraction of sp³-hybridized carbons (Fsp3) is 0. The van der Waals surface area contributed by atoms with Crippen molar-refractivity contribution in [1.29, 1.82) is 10.5 Å². The van der Waals surface area contributed by atoms with Crippen LogP contribution in [0.1, 0.15) is 11.1 Å². The van der Waals surface area contributed by atoms with E-state index in [1.165, 1.54) is 11.3 Å². The highest BCUT2D eigenvalue weighted by Crippen LogP contribution is 2.36. The van der Waals surface area contributed by atoms with Crippen LogP contribution in [0.2, 0.25) is 0 Å². The second-order valence-corrected chi connectivity index (χ2v) is 6.01. The average Bonchev–Trinajstić information content (AvgIpc) is 2.94. The molecule has 2 heterocycles. The second kappa shape index (κ2) is 4.42. The molecule has 0 aliphatic rings. The molecule has 22 heavy (non-hydrogen) atoms. The molecular weight excluding hydrogens is 294 g/mol. The molecule has 5 heteroatoms. The molecule has 0 atom stereocenters. The third kappa shape index (κ3) is 1.64. The van der Waals surface area contributed by atoms with Crippen LogP contribution in [-0.2, 0) is 0 Å². The lowest BCUT2D eigenvalue weighted by atomic mass is 10.0. The lowest BCUT2D eigenvalue weighted by Gasteiger charge is -2.01. The number of fused-ring (bicyclic) bond motifs is 5. The van der Waals surface area contributed by atoms with E-state index in [1.54, 1.807) is 30.3 Å². The van der Waals surface area contributed by atoms with Gasteiger partial charge in [-0.15, -0.1) is 11.3 Å². The molecule has 0 saturated carbocycles. The highest BCUT2D eigenvalue weighted by molar-refractivity contribution is 7.26. The number of hydrogen-bond donors (Lipinski definition) is 1. The highest BCUT2D eigenvalue weighted by atomic mass is 32.1. The van der Waals surface area contributed by atoms with Gasteiger partial charge in [-0.3, -0.25) is 4.79 Å². The zero-order chi connectivity index (χ0) is 15.3. The van der Waals surface area contributed by atoms with Gasteiger partial charge in [0.2, 0.25) is 0 Å². The Kier molecular flexibility index (Phi) is 2.53. The van der Waals surface area contributed by atoms with Gasteiger partial charge in [-0.1, -0.05) is 6.07 Å². The Morgan fingerprint density at radius 1 is 0.955 bits per heavy atom. The molecule has 0 saturated heterocycles. The van der Waals surface area contributed by atoms with Crippen molar-refractivity contribution in [3.05, 3.63) is 57.9 Å². The molecule has 0 amide bonds. The standard InChI is InChI=1S/C17H7N3OS/c18-7-9-2-4-13-12(5-9)15-11-3-1-10(8-19)6-14(11)22-16(15)17(21)20-13/h1-6H,(H,20,21). The van der Waals surface area contributed by atoms with Gasteiger partial charge in [0, 0.05) is 26.4 Å². The van der Waals surface area contributed by atoms with E-state index in [4.69, 9.17) is 10.5 Å². The van der Waals surface area contributed by atoms with Crippen LogP contribution in [0.5, 0.6) is 0 Å². The number of pyridine rings is 1. The molecule has 2 aromatic heterocycles. The first kappa shape index (κ1) is 12.6. The van der Waals surface area contributed by atoms with Gasteiger partial charge in [-0.05, 0) is 30.3 Å². The Morgan fingerprint density at radius 3 is 2.45 bits per heavy atom. The number of benzene rings is 2. The molecule has 0 fully saturated rings. The van der Waals surface area contributed by atoms with E-state index >= 15 is 0 Å². The lowest BCUT2D eigenvalue weighted by Crippen LogP contribution is -2.04. The quantitative estimate of drug-likeness (QED) is 0.538. The summed E-state index contributed by atoms with van der Waals surface area (Å²) in [5.74, 6) is 0. The number of aromatic nitrogens is 1. The van der Waals surface area contributed by atoms with Crippen molar-refractivity contribution in [1.82, 2.24) is 4.98 Å². The topological polar surface area (TPSA) is 80.4 Å². The minimum atomic E-state index is -0.146. The molecular formula is C17H7N3OS. The number of hydrogen-bond acceptors (Lipinski definition) is 4. The van der Waals surface area contributed by atoms with Crippen LogP contribution in [0.3, 0.4) is 0 Å². The predicted octanol–water partition coefficient (Wildman–Crippen LogP) is 3.64. The normalized spacial score (nSPS) is 10.8.